The molecule has 32 heavy (non-hydrogen) atoms. The molecule has 1 aromatic carbocycles. The van der Waals surface area contributed by atoms with E-state index < -0.39 is 23.7 Å². The SMILES string of the molecule is COC(=O)c1[nH]c(C)c(/C(O)=C2\C(=O)C(=O)N(CCCN(C)C)[C@@H]2c2ccccc2)c1C. The minimum absolute atomic E-state index is 0.0210. The van der Waals surface area contributed by atoms with E-state index in [1.807, 2.05) is 49.3 Å². The number of benzene rings is 1. The lowest BCUT2D eigenvalue weighted by atomic mass is 9.94. The van der Waals surface area contributed by atoms with Crippen molar-refractivity contribution in [1.82, 2.24) is 14.8 Å². The molecule has 1 amide bonds. The number of rotatable bonds is 7. The van der Waals surface area contributed by atoms with E-state index in [-0.39, 0.29) is 17.0 Å². The van der Waals surface area contributed by atoms with Gasteiger partial charge in [-0.25, -0.2) is 4.79 Å². The van der Waals surface area contributed by atoms with Gasteiger partial charge in [0.15, 0.2) is 0 Å². The first kappa shape index (κ1) is 23.3. The zero-order valence-corrected chi connectivity index (χ0v) is 19.1. The van der Waals surface area contributed by atoms with E-state index in [9.17, 15) is 19.5 Å². The molecule has 0 spiro atoms. The molecule has 3 rings (SSSR count). The van der Waals surface area contributed by atoms with E-state index in [1.165, 1.54) is 12.0 Å². The number of esters is 1. The number of hydrogen-bond donors (Lipinski definition) is 2. The molecule has 1 saturated heterocycles. The lowest BCUT2D eigenvalue weighted by Crippen LogP contribution is -2.32. The normalized spacial score (nSPS) is 17.9. The fourth-order valence-electron chi connectivity index (χ4n) is 4.20. The first-order valence-electron chi connectivity index (χ1n) is 10.4. The number of ketones is 1. The van der Waals surface area contributed by atoms with Crippen molar-refractivity contribution >= 4 is 23.4 Å². The number of aryl methyl sites for hydroxylation is 1. The second kappa shape index (κ2) is 9.40. The fraction of sp³-hybridized carbons (Fsp3) is 0.375. The topological polar surface area (TPSA) is 103 Å². The van der Waals surface area contributed by atoms with Crippen molar-refractivity contribution in [3.05, 3.63) is 64.0 Å². The number of Topliss-reactive ketones (excluding diaryl/α,β-unsaturated/α-hetero) is 1. The van der Waals surface area contributed by atoms with Gasteiger partial charge in [0.1, 0.15) is 11.5 Å². The van der Waals surface area contributed by atoms with Crippen molar-refractivity contribution in [2.75, 3.05) is 34.3 Å². The van der Waals surface area contributed by atoms with Crippen LogP contribution in [0.5, 0.6) is 0 Å². The molecule has 0 aliphatic carbocycles. The lowest BCUT2D eigenvalue weighted by molar-refractivity contribution is -0.139. The van der Waals surface area contributed by atoms with Crippen LogP contribution in [-0.4, -0.2) is 71.8 Å². The molecule has 1 atom stereocenters. The lowest BCUT2D eigenvalue weighted by Gasteiger charge is -2.26. The highest BCUT2D eigenvalue weighted by atomic mass is 16.5. The van der Waals surface area contributed by atoms with Gasteiger partial charge >= 0.3 is 5.97 Å². The minimum Gasteiger partial charge on any atom is -0.507 e. The molecule has 1 fully saturated rings. The summed E-state index contributed by atoms with van der Waals surface area (Å²) in [5.74, 6) is -2.25. The summed E-state index contributed by atoms with van der Waals surface area (Å²) in [5, 5.41) is 11.3. The monoisotopic (exact) mass is 439 g/mol. The van der Waals surface area contributed by atoms with Gasteiger partial charge in [-0.2, -0.15) is 0 Å². The molecule has 0 radical (unpaired) electrons. The molecule has 0 saturated carbocycles. The largest absolute Gasteiger partial charge is 0.507 e. The van der Waals surface area contributed by atoms with E-state index in [2.05, 4.69) is 4.98 Å². The second-order valence-electron chi connectivity index (χ2n) is 8.18. The number of carbonyl (C=O) groups excluding carboxylic acids is 3. The summed E-state index contributed by atoms with van der Waals surface area (Å²) < 4.78 is 4.80. The van der Waals surface area contributed by atoms with Crippen molar-refractivity contribution in [3.63, 3.8) is 0 Å². The Kier molecular flexibility index (Phi) is 6.84. The zero-order valence-electron chi connectivity index (χ0n) is 19.1. The first-order chi connectivity index (χ1) is 15.2. The molecule has 0 unspecified atom stereocenters. The average Bonchev–Trinajstić information content (AvgIpc) is 3.20. The van der Waals surface area contributed by atoms with Gasteiger partial charge in [0.05, 0.1) is 18.7 Å². The summed E-state index contributed by atoms with van der Waals surface area (Å²) in [7, 11) is 5.16. The highest BCUT2D eigenvalue weighted by Crippen LogP contribution is 2.40. The van der Waals surface area contributed by atoms with Crippen LogP contribution in [0.2, 0.25) is 0 Å². The highest BCUT2D eigenvalue weighted by Gasteiger charge is 2.46. The fourth-order valence-corrected chi connectivity index (χ4v) is 4.20. The molecule has 1 aromatic heterocycles. The van der Waals surface area contributed by atoms with Crippen LogP contribution < -0.4 is 0 Å². The molecule has 1 aliphatic heterocycles. The van der Waals surface area contributed by atoms with Crippen LogP contribution in [0.4, 0.5) is 0 Å². The molecule has 2 N–H and O–H groups in total. The Bertz CT molecular complexity index is 1070. The maximum atomic E-state index is 13.1. The van der Waals surface area contributed by atoms with Crippen LogP contribution >= 0.6 is 0 Å². The van der Waals surface area contributed by atoms with Gasteiger partial charge < -0.3 is 24.6 Å². The minimum atomic E-state index is -0.735. The van der Waals surface area contributed by atoms with Crippen molar-refractivity contribution < 1.29 is 24.2 Å². The third-order valence-corrected chi connectivity index (χ3v) is 5.72. The van der Waals surface area contributed by atoms with Crippen molar-refractivity contribution in [2.45, 2.75) is 26.3 Å². The van der Waals surface area contributed by atoms with Crippen LogP contribution in [0.1, 0.15) is 45.3 Å². The number of likely N-dealkylation sites (tertiary alicyclic amines) is 1. The van der Waals surface area contributed by atoms with Crippen molar-refractivity contribution in [3.8, 4) is 0 Å². The number of hydrogen-bond acceptors (Lipinski definition) is 6. The van der Waals surface area contributed by atoms with E-state index >= 15 is 0 Å². The van der Waals surface area contributed by atoms with Gasteiger partial charge in [0, 0.05) is 17.8 Å². The number of amides is 1. The van der Waals surface area contributed by atoms with Gasteiger partial charge in [-0.1, -0.05) is 30.3 Å². The predicted octanol–water partition coefficient (Wildman–Crippen LogP) is 2.79. The molecular formula is C24H29N3O5. The van der Waals surface area contributed by atoms with Gasteiger partial charge in [0.25, 0.3) is 11.7 Å². The van der Waals surface area contributed by atoms with E-state index in [0.29, 0.717) is 29.8 Å². The Morgan fingerprint density at radius 2 is 1.84 bits per heavy atom. The number of aliphatic hydroxyl groups excluding tert-OH is 1. The Hall–Kier alpha value is -3.39. The molecular weight excluding hydrogens is 410 g/mol. The summed E-state index contributed by atoms with van der Waals surface area (Å²) in [6.45, 7) is 4.48. The molecule has 1 aliphatic rings. The van der Waals surface area contributed by atoms with Gasteiger partial charge in [-0.05, 0) is 52.0 Å². The smallest absolute Gasteiger partial charge is 0.354 e. The standard InChI is InChI=1S/C24H29N3O5/c1-14-17(15(2)25-19(14)24(31)32-5)21(28)18-20(16-10-7-6-8-11-16)27(23(30)22(18)29)13-9-12-26(3)4/h6-8,10-11,20,25,28H,9,12-13H2,1-5H3/b21-18+/t20-/m1/s1. The predicted molar refractivity (Wildman–Crippen MR) is 120 cm³/mol. The Balaban J connectivity index is 2.15. The van der Waals surface area contributed by atoms with Crippen LogP contribution in [0.3, 0.4) is 0 Å². The third kappa shape index (κ3) is 4.18. The number of H-pyrrole nitrogens is 1. The van der Waals surface area contributed by atoms with Crippen LogP contribution in [-0.2, 0) is 14.3 Å². The Morgan fingerprint density at radius 1 is 1.19 bits per heavy atom. The number of nitrogens with zero attached hydrogens (tertiary/aromatic N) is 2. The summed E-state index contributed by atoms with van der Waals surface area (Å²) in [4.78, 5) is 44.6. The number of aliphatic hydroxyl groups is 1. The number of nitrogens with one attached hydrogen (secondary N) is 1. The second-order valence-corrected chi connectivity index (χ2v) is 8.18. The van der Waals surface area contributed by atoms with Gasteiger partial charge in [0.2, 0.25) is 0 Å². The average molecular weight is 440 g/mol. The summed E-state index contributed by atoms with van der Waals surface area (Å²) in [6, 6.07) is 8.46. The quantitative estimate of drug-likeness (QED) is 0.298. The number of methoxy groups -OCH3 is 1. The van der Waals surface area contributed by atoms with Crippen molar-refractivity contribution in [2.24, 2.45) is 0 Å². The number of aromatic amines is 1. The summed E-state index contributed by atoms with van der Waals surface area (Å²) in [5.41, 5.74) is 2.24. The number of ether oxygens (including phenoxy) is 1. The van der Waals surface area contributed by atoms with Crippen LogP contribution in [0.15, 0.2) is 35.9 Å². The van der Waals surface area contributed by atoms with E-state index in [1.54, 1.807) is 13.8 Å². The third-order valence-electron chi connectivity index (χ3n) is 5.72. The molecule has 170 valence electrons. The van der Waals surface area contributed by atoms with Gasteiger partial charge in [-0.3, -0.25) is 9.59 Å². The van der Waals surface area contributed by atoms with Crippen LogP contribution in [0, 0.1) is 13.8 Å². The first-order valence-corrected chi connectivity index (χ1v) is 10.4. The Labute approximate surface area is 187 Å². The highest BCUT2D eigenvalue weighted by molar-refractivity contribution is 6.46. The number of aromatic nitrogens is 1. The maximum absolute atomic E-state index is 13.1. The van der Waals surface area contributed by atoms with E-state index in [4.69, 9.17) is 4.74 Å². The molecule has 2 aromatic rings. The summed E-state index contributed by atoms with van der Waals surface area (Å²) >= 11 is 0. The summed E-state index contributed by atoms with van der Waals surface area (Å²) in [6.07, 6.45) is 0.679. The van der Waals surface area contributed by atoms with Crippen LogP contribution in [0.25, 0.3) is 5.76 Å². The molecule has 8 nitrogen and oxygen atoms in total. The van der Waals surface area contributed by atoms with E-state index in [0.717, 1.165) is 12.1 Å². The zero-order chi connectivity index (χ0) is 23.6. The van der Waals surface area contributed by atoms with Crippen molar-refractivity contribution in [1.29, 1.82) is 0 Å². The number of carbonyl (C=O) groups is 3. The van der Waals surface area contributed by atoms with Gasteiger partial charge in [-0.15, -0.1) is 0 Å². The maximum Gasteiger partial charge on any atom is 0.354 e. The molecule has 0 bridgehead atoms. The Morgan fingerprint density at radius 3 is 2.44 bits per heavy atom. The molecule has 2 heterocycles. The molecule has 8 heteroatoms.